The van der Waals surface area contributed by atoms with Gasteiger partial charge in [0.15, 0.2) is 0 Å². The third kappa shape index (κ3) is 3.17. The first-order valence-corrected chi connectivity index (χ1v) is 8.30. The summed E-state index contributed by atoms with van der Waals surface area (Å²) in [4.78, 5) is 23.5. The van der Waals surface area contributed by atoms with Crippen LogP contribution in [0.3, 0.4) is 0 Å². The van der Waals surface area contributed by atoms with Gasteiger partial charge in [-0.1, -0.05) is 6.92 Å². The molecule has 7 nitrogen and oxygen atoms in total. The maximum absolute atomic E-state index is 11.9. The molecule has 0 unspecified atom stereocenters. The van der Waals surface area contributed by atoms with E-state index in [4.69, 9.17) is 9.47 Å². The number of aliphatic hydroxyl groups is 2. The first kappa shape index (κ1) is 19.1. The number of esters is 1. The van der Waals surface area contributed by atoms with E-state index in [0.29, 0.717) is 6.42 Å². The van der Waals surface area contributed by atoms with Crippen molar-refractivity contribution in [2.75, 3.05) is 0 Å². The fraction of sp³-hybridized carbons (Fsp3) is 0.882. The number of ether oxygens (including phenoxy) is 2. The van der Waals surface area contributed by atoms with Crippen LogP contribution >= 0.6 is 0 Å². The van der Waals surface area contributed by atoms with Crippen LogP contribution in [0.4, 0.5) is 0 Å². The molecule has 1 aliphatic carbocycles. The maximum Gasteiger partial charge on any atom is 0.310 e. The third-order valence-electron chi connectivity index (χ3n) is 5.64. The molecular weight excluding hydrogens is 316 g/mol. The van der Waals surface area contributed by atoms with Gasteiger partial charge in [-0.3, -0.25) is 9.59 Å². The largest absolute Gasteiger partial charge is 0.481 e. The lowest BCUT2D eigenvalue weighted by atomic mass is 9.55. The summed E-state index contributed by atoms with van der Waals surface area (Å²) in [5.74, 6) is -2.81. The number of fused-ring (bicyclic) bond motifs is 1. The van der Waals surface area contributed by atoms with Gasteiger partial charge in [0.2, 0.25) is 0 Å². The smallest absolute Gasteiger partial charge is 0.310 e. The molecule has 0 radical (unpaired) electrons. The number of carbonyl (C=O) groups excluding carboxylic acids is 1. The summed E-state index contributed by atoms with van der Waals surface area (Å²) in [5.41, 5.74) is -3.67. The lowest BCUT2D eigenvalue weighted by Crippen LogP contribution is -2.68. The van der Waals surface area contributed by atoms with Gasteiger partial charge >= 0.3 is 11.9 Å². The molecule has 1 saturated carbocycles. The van der Waals surface area contributed by atoms with Crippen molar-refractivity contribution in [1.82, 2.24) is 0 Å². The number of carboxylic acids is 1. The Morgan fingerprint density at radius 2 is 1.88 bits per heavy atom. The quantitative estimate of drug-likeness (QED) is 0.657. The molecule has 24 heavy (non-hydrogen) atoms. The molecule has 0 aromatic rings. The van der Waals surface area contributed by atoms with E-state index in [1.807, 2.05) is 0 Å². The molecule has 2 aliphatic rings. The lowest BCUT2D eigenvalue weighted by molar-refractivity contribution is -0.277. The summed E-state index contributed by atoms with van der Waals surface area (Å²) in [6.07, 6.45) is -1.02. The molecule has 1 heterocycles. The normalized spacial score (nSPS) is 43.0. The van der Waals surface area contributed by atoms with Gasteiger partial charge in [-0.05, 0) is 33.6 Å². The van der Waals surface area contributed by atoms with Gasteiger partial charge in [-0.15, -0.1) is 0 Å². The second kappa shape index (κ2) is 5.97. The van der Waals surface area contributed by atoms with E-state index >= 15 is 0 Å². The topological polar surface area (TPSA) is 113 Å². The van der Waals surface area contributed by atoms with Gasteiger partial charge in [0.25, 0.3) is 0 Å². The Labute approximate surface area is 141 Å². The highest BCUT2D eigenvalue weighted by atomic mass is 16.6. The van der Waals surface area contributed by atoms with Gasteiger partial charge in [-0.25, -0.2) is 0 Å². The van der Waals surface area contributed by atoms with E-state index in [1.165, 1.54) is 13.8 Å². The summed E-state index contributed by atoms with van der Waals surface area (Å²) < 4.78 is 11.5. The molecule has 6 atom stereocenters. The van der Waals surface area contributed by atoms with Crippen LogP contribution in [0, 0.1) is 11.3 Å². The number of hydrogen-bond donors (Lipinski definition) is 3. The van der Waals surface area contributed by atoms with E-state index in [-0.39, 0.29) is 12.8 Å². The van der Waals surface area contributed by atoms with Gasteiger partial charge in [0.1, 0.15) is 6.10 Å². The maximum atomic E-state index is 11.9. The predicted molar refractivity (Wildman–Crippen MR) is 84.2 cm³/mol. The summed E-state index contributed by atoms with van der Waals surface area (Å²) in [7, 11) is 0. The van der Waals surface area contributed by atoms with Crippen molar-refractivity contribution >= 4 is 11.9 Å². The van der Waals surface area contributed by atoms with Crippen molar-refractivity contribution in [3.05, 3.63) is 0 Å². The minimum absolute atomic E-state index is 0.177. The van der Waals surface area contributed by atoms with Gasteiger partial charge in [0.05, 0.1) is 29.3 Å². The van der Waals surface area contributed by atoms with Gasteiger partial charge in [-0.2, -0.15) is 0 Å². The van der Waals surface area contributed by atoms with Gasteiger partial charge < -0.3 is 24.8 Å². The molecule has 2 rings (SSSR count). The van der Waals surface area contributed by atoms with Crippen LogP contribution in [-0.4, -0.2) is 56.8 Å². The monoisotopic (exact) mass is 344 g/mol. The van der Waals surface area contributed by atoms with E-state index in [0.717, 1.165) is 0 Å². The molecule has 0 bridgehead atoms. The van der Waals surface area contributed by atoms with Crippen LogP contribution in [-0.2, 0) is 19.1 Å². The van der Waals surface area contributed by atoms with Crippen LogP contribution in [0.5, 0.6) is 0 Å². The minimum Gasteiger partial charge on any atom is -0.481 e. The molecule has 0 spiro atoms. The first-order valence-electron chi connectivity index (χ1n) is 8.30. The zero-order valence-electron chi connectivity index (χ0n) is 14.9. The van der Waals surface area contributed by atoms with Crippen LogP contribution in [0.15, 0.2) is 0 Å². The lowest BCUT2D eigenvalue weighted by Gasteiger charge is -2.58. The van der Waals surface area contributed by atoms with Crippen molar-refractivity contribution in [2.45, 2.75) is 83.4 Å². The molecule has 1 aliphatic heterocycles. The standard InChI is InChI=1S/C17H28O7/c1-9(18)23-12-8-11(15(2,3)21)24-10-6-7-16(4,22)13(14(19)20)17(10,12)5/h10-13,21-22H,6-8H2,1-5H3,(H,19,20)/t10-,11-,12-,13-,16+,17-/m1/s1. The van der Waals surface area contributed by atoms with Crippen LogP contribution in [0.2, 0.25) is 0 Å². The third-order valence-corrected chi connectivity index (χ3v) is 5.64. The predicted octanol–water partition coefficient (Wildman–Crippen LogP) is 1.10. The Morgan fingerprint density at radius 1 is 1.29 bits per heavy atom. The summed E-state index contributed by atoms with van der Waals surface area (Å²) in [6.45, 7) is 7.68. The number of carboxylic acid groups (broad SMARTS) is 1. The summed E-state index contributed by atoms with van der Waals surface area (Å²) in [6, 6.07) is 0. The minimum atomic E-state index is -1.43. The molecule has 0 aromatic carbocycles. The Hall–Kier alpha value is -1.18. The highest BCUT2D eigenvalue weighted by molar-refractivity contribution is 5.73. The number of rotatable bonds is 3. The van der Waals surface area contributed by atoms with E-state index < -0.39 is 52.8 Å². The fourth-order valence-corrected chi connectivity index (χ4v) is 4.41. The number of aliphatic carboxylic acids is 1. The fourth-order valence-electron chi connectivity index (χ4n) is 4.41. The van der Waals surface area contributed by atoms with Crippen molar-refractivity contribution in [2.24, 2.45) is 11.3 Å². The first-order chi connectivity index (χ1) is 10.8. The van der Waals surface area contributed by atoms with Crippen molar-refractivity contribution in [1.29, 1.82) is 0 Å². The van der Waals surface area contributed by atoms with Crippen LogP contribution in [0.1, 0.15) is 53.9 Å². The highest BCUT2D eigenvalue weighted by Crippen LogP contribution is 2.55. The Kier molecular flexibility index (Phi) is 4.76. The molecule has 3 N–H and O–H groups in total. The zero-order chi connectivity index (χ0) is 18.5. The molecule has 0 amide bonds. The molecule has 7 heteroatoms. The highest BCUT2D eigenvalue weighted by Gasteiger charge is 2.64. The van der Waals surface area contributed by atoms with Crippen LogP contribution in [0.25, 0.3) is 0 Å². The van der Waals surface area contributed by atoms with Crippen molar-refractivity contribution < 1.29 is 34.4 Å². The second-order valence-electron chi connectivity index (χ2n) is 8.13. The average molecular weight is 344 g/mol. The molecule has 2 fully saturated rings. The van der Waals surface area contributed by atoms with Crippen LogP contribution < -0.4 is 0 Å². The van der Waals surface area contributed by atoms with E-state index in [2.05, 4.69) is 0 Å². The SMILES string of the molecule is CC(=O)O[C@@H]1C[C@H](C(C)(C)O)O[C@@H]2CC[C@](C)(O)[C@@H](C(=O)O)[C@@]12C. The van der Waals surface area contributed by atoms with Crippen molar-refractivity contribution in [3.63, 3.8) is 0 Å². The second-order valence-corrected chi connectivity index (χ2v) is 8.13. The molecular formula is C17H28O7. The molecule has 1 saturated heterocycles. The van der Waals surface area contributed by atoms with Crippen molar-refractivity contribution in [3.8, 4) is 0 Å². The van der Waals surface area contributed by atoms with E-state index in [9.17, 15) is 24.9 Å². The van der Waals surface area contributed by atoms with Gasteiger partial charge in [0, 0.05) is 18.8 Å². The summed E-state index contributed by atoms with van der Waals surface area (Å²) >= 11 is 0. The molecule has 138 valence electrons. The average Bonchev–Trinajstić information content (AvgIpc) is 2.36. The summed E-state index contributed by atoms with van der Waals surface area (Å²) in [5, 5.41) is 30.7. The Balaban J connectivity index is 2.49. The Morgan fingerprint density at radius 3 is 2.33 bits per heavy atom. The number of hydrogen-bond acceptors (Lipinski definition) is 6. The number of carbonyl (C=O) groups is 2. The molecule has 0 aromatic heterocycles. The Bertz CT molecular complexity index is 522. The zero-order valence-corrected chi connectivity index (χ0v) is 14.9. The van der Waals surface area contributed by atoms with E-state index in [1.54, 1.807) is 20.8 Å².